The van der Waals surface area contributed by atoms with E-state index in [0.29, 0.717) is 30.3 Å². The van der Waals surface area contributed by atoms with Gasteiger partial charge >= 0.3 is 7.82 Å². The highest BCUT2D eigenvalue weighted by atomic mass is 31.2. The van der Waals surface area contributed by atoms with E-state index in [1.54, 1.807) is 0 Å². The first-order chi connectivity index (χ1) is 36.5. The molecular formula is C66H122N2O6P+. The van der Waals surface area contributed by atoms with E-state index in [1.165, 1.54) is 173 Å². The first-order valence-electron chi connectivity index (χ1n) is 31.5. The van der Waals surface area contributed by atoms with Gasteiger partial charge in [-0.2, -0.15) is 0 Å². The van der Waals surface area contributed by atoms with Gasteiger partial charge in [0.1, 0.15) is 13.2 Å². The van der Waals surface area contributed by atoms with Gasteiger partial charge in [-0.15, -0.1) is 0 Å². The number of quaternary nitrogens is 1. The second-order valence-corrected chi connectivity index (χ2v) is 23.9. The molecule has 0 radical (unpaired) electrons. The predicted octanol–water partition coefficient (Wildman–Crippen LogP) is 19.6. The first-order valence-corrected chi connectivity index (χ1v) is 32.9. The lowest BCUT2D eigenvalue weighted by Crippen LogP contribution is -2.46. The third-order valence-electron chi connectivity index (χ3n) is 13.9. The van der Waals surface area contributed by atoms with Crippen LogP contribution in [0, 0.1) is 0 Å². The van der Waals surface area contributed by atoms with Crippen molar-refractivity contribution < 1.29 is 32.9 Å². The number of aliphatic hydroxyl groups excluding tert-OH is 1. The summed E-state index contributed by atoms with van der Waals surface area (Å²) >= 11 is 0. The number of hydrogen-bond donors (Lipinski definition) is 3. The van der Waals surface area contributed by atoms with E-state index in [4.69, 9.17) is 9.05 Å². The molecule has 0 rings (SSSR count). The minimum absolute atomic E-state index is 0.0597. The SMILES string of the molecule is CC/C=C\C/C=C\C/C=C\C/C=C\C/C=C\C/C=C\C/C=C\CCCC(=O)NC(COP(=O)(O)OCC[N+](C)(C)C)C(O)CCCCCCCCCCCCCCCCCCCCCCCCCCCCCCCC. The molecule has 0 aliphatic heterocycles. The lowest BCUT2D eigenvalue weighted by atomic mass is 10.0. The smallest absolute Gasteiger partial charge is 0.391 e. The van der Waals surface area contributed by atoms with Gasteiger partial charge in [0.25, 0.3) is 0 Å². The fourth-order valence-corrected chi connectivity index (χ4v) is 9.77. The second-order valence-electron chi connectivity index (χ2n) is 22.4. The molecule has 0 aromatic heterocycles. The molecule has 9 heteroatoms. The van der Waals surface area contributed by atoms with Gasteiger partial charge in [0, 0.05) is 6.42 Å². The zero-order chi connectivity index (χ0) is 54.9. The van der Waals surface area contributed by atoms with Gasteiger partial charge in [-0.05, 0) is 64.2 Å². The number of aliphatic hydroxyl groups is 1. The maximum Gasteiger partial charge on any atom is 0.472 e. The molecule has 0 fully saturated rings. The summed E-state index contributed by atoms with van der Waals surface area (Å²) in [6.45, 7) is 4.75. The maximum absolute atomic E-state index is 13.0. The third kappa shape index (κ3) is 59.2. The molecule has 8 nitrogen and oxygen atoms in total. The predicted molar refractivity (Wildman–Crippen MR) is 327 cm³/mol. The molecule has 0 saturated carbocycles. The second kappa shape index (κ2) is 56.4. The van der Waals surface area contributed by atoms with Crippen LogP contribution >= 0.6 is 7.82 Å². The standard InChI is InChI=1S/C66H121N2O6P/c1-6-8-10-12-14-16-18-20-22-24-26-28-30-31-32-33-34-35-36-38-39-41-43-45-47-49-51-53-55-57-59-65(69)64(63-74-75(71,72)73-62-61-68(3,4)5)67-66(70)60-58-56-54-52-50-48-46-44-42-40-37-29-27-25-23-21-19-17-15-13-11-9-7-2/h9,11,15,17,21,23,27,29,40,42,46,48,52,54,64-65,69H,6-8,10,12-14,16,18-20,22,24-26,28,30-39,41,43-45,47,49-51,53,55-63H2,1-5H3,(H-,67,70,71,72)/p+1/b11-9-,17-15-,23-21-,29-27-,42-40-,48-46-,54-52-. The molecule has 0 spiro atoms. The highest BCUT2D eigenvalue weighted by Crippen LogP contribution is 2.43. The number of phosphoric ester groups is 1. The van der Waals surface area contributed by atoms with Crippen molar-refractivity contribution in [3.05, 3.63) is 85.1 Å². The Balaban J connectivity index is 4.18. The van der Waals surface area contributed by atoms with E-state index in [0.717, 1.165) is 70.6 Å². The van der Waals surface area contributed by atoms with Crippen molar-refractivity contribution in [1.82, 2.24) is 5.32 Å². The van der Waals surface area contributed by atoms with Crippen LogP contribution in [-0.4, -0.2) is 73.4 Å². The summed E-state index contributed by atoms with van der Waals surface area (Å²) in [6.07, 6.45) is 79.6. The van der Waals surface area contributed by atoms with E-state index in [-0.39, 0.29) is 19.1 Å². The average Bonchev–Trinajstić information content (AvgIpc) is 3.37. The van der Waals surface area contributed by atoms with Crippen molar-refractivity contribution in [2.45, 2.75) is 289 Å². The van der Waals surface area contributed by atoms with E-state index >= 15 is 0 Å². The fourth-order valence-electron chi connectivity index (χ4n) is 9.04. The Bertz CT molecular complexity index is 1500. The Hall–Kier alpha value is -2.32. The van der Waals surface area contributed by atoms with Crippen molar-refractivity contribution >= 4 is 13.7 Å². The molecule has 3 N–H and O–H groups in total. The Morgan fingerprint density at radius 1 is 0.467 bits per heavy atom. The fraction of sp³-hybridized carbons (Fsp3) is 0.773. The number of amides is 1. The Morgan fingerprint density at radius 3 is 1.12 bits per heavy atom. The number of carbonyl (C=O) groups excluding carboxylic acids is 1. The maximum atomic E-state index is 13.0. The third-order valence-corrected chi connectivity index (χ3v) is 14.9. The number of rotatable bonds is 57. The van der Waals surface area contributed by atoms with Crippen LogP contribution in [0.1, 0.15) is 277 Å². The van der Waals surface area contributed by atoms with Crippen LogP contribution in [0.2, 0.25) is 0 Å². The van der Waals surface area contributed by atoms with Gasteiger partial charge in [0.2, 0.25) is 5.91 Å². The summed E-state index contributed by atoms with van der Waals surface area (Å²) in [5.74, 6) is -0.201. The van der Waals surface area contributed by atoms with E-state index in [1.807, 2.05) is 21.1 Å². The Kier molecular flexibility index (Phi) is 54.7. The molecule has 0 saturated heterocycles. The number of nitrogens with one attached hydrogen (secondary N) is 1. The van der Waals surface area contributed by atoms with Gasteiger partial charge in [-0.3, -0.25) is 13.8 Å². The van der Waals surface area contributed by atoms with Crippen molar-refractivity contribution in [2.75, 3.05) is 40.9 Å². The topological polar surface area (TPSA) is 105 Å². The highest BCUT2D eigenvalue weighted by Gasteiger charge is 2.28. The van der Waals surface area contributed by atoms with Crippen LogP contribution in [0.5, 0.6) is 0 Å². The van der Waals surface area contributed by atoms with E-state index < -0.39 is 20.0 Å². The van der Waals surface area contributed by atoms with E-state index in [2.05, 4.69) is 104 Å². The normalized spacial score (nSPS) is 14.4. The minimum atomic E-state index is -4.35. The molecule has 0 aromatic rings. The lowest BCUT2D eigenvalue weighted by molar-refractivity contribution is -0.870. The Morgan fingerprint density at radius 2 is 0.787 bits per heavy atom. The number of hydrogen-bond acceptors (Lipinski definition) is 5. The van der Waals surface area contributed by atoms with Crippen molar-refractivity contribution in [2.24, 2.45) is 0 Å². The summed E-state index contributed by atoms with van der Waals surface area (Å²) in [5, 5.41) is 14.1. The number of phosphoric acid groups is 1. The number of unbranched alkanes of at least 4 members (excludes halogenated alkanes) is 30. The lowest BCUT2D eigenvalue weighted by Gasteiger charge is -2.26. The number of allylic oxidation sites excluding steroid dienone is 14. The molecule has 3 unspecified atom stereocenters. The van der Waals surface area contributed by atoms with Crippen molar-refractivity contribution in [3.8, 4) is 0 Å². The molecular weight excluding hydrogens is 948 g/mol. The number of nitrogens with zero attached hydrogens (tertiary/aromatic N) is 1. The summed E-state index contributed by atoms with van der Waals surface area (Å²) in [6, 6.07) is -0.799. The Labute approximate surface area is 465 Å². The molecule has 75 heavy (non-hydrogen) atoms. The molecule has 0 aromatic carbocycles. The van der Waals surface area contributed by atoms with Crippen molar-refractivity contribution in [1.29, 1.82) is 0 Å². The van der Waals surface area contributed by atoms with Crippen LogP contribution in [0.25, 0.3) is 0 Å². The molecule has 0 aliphatic rings. The van der Waals surface area contributed by atoms with Crippen LogP contribution in [0.4, 0.5) is 0 Å². The molecule has 3 atom stereocenters. The van der Waals surface area contributed by atoms with E-state index in [9.17, 15) is 19.4 Å². The summed E-state index contributed by atoms with van der Waals surface area (Å²) < 4.78 is 23.8. The molecule has 1 amide bonds. The molecule has 0 heterocycles. The number of carbonyl (C=O) groups is 1. The zero-order valence-corrected chi connectivity index (χ0v) is 50.7. The van der Waals surface area contributed by atoms with Crippen LogP contribution < -0.4 is 5.32 Å². The van der Waals surface area contributed by atoms with Gasteiger partial charge in [0.05, 0.1) is 39.9 Å². The first kappa shape index (κ1) is 72.7. The van der Waals surface area contributed by atoms with Gasteiger partial charge in [-0.1, -0.05) is 292 Å². The summed E-state index contributed by atoms with van der Waals surface area (Å²) in [7, 11) is 1.57. The highest BCUT2D eigenvalue weighted by molar-refractivity contribution is 7.47. The molecule has 0 aliphatic carbocycles. The minimum Gasteiger partial charge on any atom is -0.391 e. The summed E-state index contributed by atoms with van der Waals surface area (Å²) in [4.78, 5) is 23.4. The van der Waals surface area contributed by atoms with Gasteiger partial charge in [0.15, 0.2) is 0 Å². The average molecular weight is 1070 g/mol. The van der Waals surface area contributed by atoms with Gasteiger partial charge in [-0.25, -0.2) is 4.57 Å². The molecule has 0 bridgehead atoms. The van der Waals surface area contributed by atoms with Crippen molar-refractivity contribution in [3.63, 3.8) is 0 Å². The van der Waals surface area contributed by atoms with Gasteiger partial charge < -0.3 is 19.8 Å². The zero-order valence-electron chi connectivity index (χ0n) is 49.8. The number of likely N-dealkylation sites (N-methyl/N-ethyl adjacent to an activating group) is 1. The largest absolute Gasteiger partial charge is 0.472 e. The summed E-state index contributed by atoms with van der Waals surface area (Å²) in [5.41, 5.74) is 0. The van der Waals surface area contributed by atoms with Crippen LogP contribution in [0.3, 0.4) is 0 Å². The quantitative estimate of drug-likeness (QED) is 0.0243. The van der Waals surface area contributed by atoms with Crippen LogP contribution in [0.15, 0.2) is 85.1 Å². The monoisotopic (exact) mass is 1070 g/mol. The van der Waals surface area contributed by atoms with Crippen LogP contribution in [-0.2, 0) is 18.4 Å². The molecule has 436 valence electrons.